The molecule has 2 aromatic rings. The van der Waals surface area contributed by atoms with Crippen molar-refractivity contribution in [2.45, 2.75) is 58.3 Å². The van der Waals surface area contributed by atoms with Gasteiger partial charge in [-0.15, -0.1) is 0 Å². The van der Waals surface area contributed by atoms with Crippen LogP contribution in [0, 0.1) is 0 Å². The van der Waals surface area contributed by atoms with Gasteiger partial charge in [0, 0.05) is 25.6 Å². The number of carbonyl (C=O) groups is 3. The predicted molar refractivity (Wildman–Crippen MR) is 104 cm³/mol. The van der Waals surface area contributed by atoms with E-state index >= 15 is 0 Å². The number of aromatic nitrogens is 2. The molecule has 0 bridgehead atoms. The monoisotopic (exact) mass is 400 g/mol. The lowest BCUT2D eigenvalue weighted by Gasteiger charge is -2.24. The topological polar surface area (TPSA) is 103 Å². The Hall–Kier alpha value is -3.10. The summed E-state index contributed by atoms with van der Waals surface area (Å²) in [5.41, 5.74) is 2.13. The van der Waals surface area contributed by atoms with E-state index in [1.807, 2.05) is 32.9 Å². The molecule has 1 unspecified atom stereocenters. The third kappa shape index (κ3) is 3.20. The Bertz CT molecular complexity index is 1100. The molecule has 1 aromatic heterocycles. The highest BCUT2D eigenvalue weighted by Gasteiger charge is 2.35. The van der Waals surface area contributed by atoms with E-state index in [9.17, 15) is 19.2 Å². The Kier molecular flexibility index (Phi) is 4.29. The Balaban J connectivity index is 1.79. The van der Waals surface area contributed by atoms with Gasteiger partial charge in [0.2, 0.25) is 11.8 Å². The molecule has 1 aromatic carbocycles. The van der Waals surface area contributed by atoms with Gasteiger partial charge in [-0.25, -0.2) is 9.59 Å². The number of ether oxygens (including phenoxy) is 1. The minimum atomic E-state index is -0.758. The molecule has 0 spiro atoms. The highest BCUT2D eigenvalue weighted by molar-refractivity contribution is 6.00. The smallest absolute Gasteiger partial charge is 0.410 e. The first-order valence-electron chi connectivity index (χ1n) is 9.60. The summed E-state index contributed by atoms with van der Waals surface area (Å²) in [7, 11) is 1.65. The van der Waals surface area contributed by atoms with E-state index in [2.05, 4.69) is 5.32 Å². The zero-order chi connectivity index (χ0) is 21.1. The van der Waals surface area contributed by atoms with Gasteiger partial charge in [-0.05, 0) is 38.8 Å². The van der Waals surface area contributed by atoms with Crippen molar-refractivity contribution < 1.29 is 19.1 Å². The van der Waals surface area contributed by atoms with Crippen molar-refractivity contribution in [1.82, 2.24) is 19.4 Å². The van der Waals surface area contributed by atoms with Gasteiger partial charge < -0.3 is 4.74 Å². The number of imidazole rings is 1. The summed E-state index contributed by atoms with van der Waals surface area (Å²) in [4.78, 5) is 51.1. The van der Waals surface area contributed by atoms with Crippen LogP contribution in [-0.4, -0.2) is 37.5 Å². The second-order valence-corrected chi connectivity index (χ2v) is 8.59. The van der Waals surface area contributed by atoms with E-state index in [-0.39, 0.29) is 31.0 Å². The van der Waals surface area contributed by atoms with Crippen LogP contribution in [0.4, 0.5) is 4.79 Å². The third-order valence-corrected chi connectivity index (χ3v) is 5.34. The van der Waals surface area contributed by atoms with Crippen LogP contribution < -0.4 is 11.0 Å². The summed E-state index contributed by atoms with van der Waals surface area (Å²) in [6.07, 6.45) is 0.0224. The highest BCUT2D eigenvalue weighted by atomic mass is 16.6. The van der Waals surface area contributed by atoms with Gasteiger partial charge in [0.05, 0.1) is 17.6 Å². The zero-order valence-corrected chi connectivity index (χ0v) is 16.9. The molecule has 2 aliphatic rings. The van der Waals surface area contributed by atoms with Gasteiger partial charge in [0.15, 0.2) is 0 Å². The summed E-state index contributed by atoms with van der Waals surface area (Å²) in [5.74, 6) is -0.809. The number of nitrogens with zero attached hydrogens (tertiary/aromatic N) is 3. The average molecular weight is 400 g/mol. The van der Waals surface area contributed by atoms with Crippen LogP contribution in [0.5, 0.6) is 0 Å². The second-order valence-electron chi connectivity index (χ2n) is 8.59. The number of imide groups is 1. The summed E-state index contributed by atoms with van der Waals surface area (Å²) < 4.78 is 8.44. The summed E-state index contributed by atoms with van der Waals surface area (Å²) in [6.45, 7) is 6.09. The SMILES string of the molecule is Cn1c(=O)n(C2CCC(=O)NC2=O)c2c3c(ccc21)CN(C(=O)OC(C)(C)C)C3. The molecule has 9 heteroatoms. The number of hydrogen-bond acceptors (Lipinski definition) is 5. The summed E-state index contributed by atoms with van der Waals surface area (Å²) >= 11 is 0. The molecule has 3 amide bonds. The van der Waals surface area contributed by atoms with Gasteiger partial charge >= 0.3 is 11.8 Å². The first-order chi connectivity index (χ1) is 13.6. The molecule has 1 atom stereocenters. The number of benzene rings is 1. The van der Waals surface area contributed by atoms with Gasteiger partial charge in [-0.3, -0.25) is 28.9 Å². The second kappa shape index (κ2) is 6.47. The molecule has 29 heavy (non-hydrogen) atoms. The molecule has 4 rings (SSSR count). The van der Waals surface area contributed by atoms with Crippen LogP contribution in [0.25, 0.3) is 11.0 Å². The number of fused-ring (bicyclic) bond motifs is 3. The van der Waals surface area contributed by atoms with Crippen LogP contribution in [0.1, 0.15) is 50.8 Å². The number of aryl methyl sites for hydroxylation is 1. The Morgan fingerprint density at radius 2 is 1.90 bits per heavy atom. The largest absolute Gasteiger partial charge is 0.444 e. The van der Waals surface area contributed by atoms with Crippen LogP contribution >= 0.6 is 0 Å². The molecule has 1 N–H and O–H groups in total. The Morgan fingerprint density at radius 1 is 1.17 bits per heavy atom. The van der Waals surface area contributed by atoms with Crippen molar-refractivity contribution in [2.24, 2.45) is 7.05 Å². The normalized spacial score (nSPS) is 19.4. The Morgan fingerprint density at radius 3 is 2.55 bits per heavy atom. The quantitative estimate of drug-likeness (QED) is 0.732. The van der Waals surface area contributed by atoms with E-state index in [1.165, 1.54) is 9.13 Å². The van der Waals surface area contributed by atoms with Crippen molar-refractivity contribution in [3.63, 3.8) is 0 Å². The maximum atomic E-state index is 13.0. The van der Waals surface area contributed by atoms with E-state index < -0.39 is 23.6 Å². The molecule has 1 saturated heterocycles. The first-order valence-corrected chi connectivity index (χ1v) is 9.60. The van der Waals surface area contributed by atoms with E-state index in [4.69, 9.17) is 4.74 Å². The standard InChI is InChI=1S/C20H24N4O5/c1-20(2,3)29-19(28)23-9-11-5-6-13-16(12(11)10-23)24(18(27)22(13)4)14-7-8-15(25)21-17(14)26/h5-6,14H,7-10H2,1-4H3,(H,21,25,26). The molecule has 2 aliphatic heterocycles. The van der Waals surface area contributed by atoms with Crippen LogP contribution in [0.15, 0.2) is 16.9 Å². The van der Waals surface area contributed by atoms with Crippen molar-refractivity contribution in [1.29, 1.82) is 0 Å². The fourth-order valence-corrected chi connectivity index (χ4v) is 4.02. The number of hydrogen-bond donors (Lipinski definition) is 1. The fourth-order valence-electron chi connectivity index (χ4n) is 4.02. The molecule has 0 radical (unpaired) electrons. The summed E-state index contributed by atoms with van der Waals surface area (Å²) in [5, 5.41) is 2.32. The van der Waals surface area contributed by atoms with Gasteiger partial charge in [0.25, 0.3) is 0 Å². The van der Waals surface area contributed by atoms with Gasteiger partial charge in [0.1, 0.15) is 11.6 Å². The number of carbonyl (C=O) groups excluding carboxylic acids is 3. The minimum absolute atomic E-state index is 0.179. The fraction of sp³-hybridized carbons (Fsp3) is 0.500. The highest BCUT2D eigenvalue weighted by Crippen LogP contribution is 2.33. The summed E-state index contributed by atoms with van der Waals surface area (Å²) in [6, 6.07) is 2.97. The van der Waals surface area contributed by atoms with Crippen LogP contribution in [0.2, 0.25) is 0 Å². The van der Waals surface area contributed by atoms with Crippen LogP contribution in [-0.2, 0) is 34.5 Å². The lowest BCUT2D eigenvalue weighted by atomic mass is 10.0. The van der Waals surface area contributed by atoms with E-state index in [0.29, 0.717) is 17.6 Å². The van der Waals surface area contributed by atoms with Crippen molar-refractivity contribution in [2.75, 3.05) is 0 Å². The third-order valence-electron chi connectivity index (χ3n) is 5.34. The first kappa shape index (κ1) is 19.2. The maximum absolute atomic E-state index is 13.0. The van der Waals surface area contributed by atoms with Crippen LogP contribution in [0.3, 0.4) is 0 Å². The number of piperidine rings is 1. The molecule has 154 valence electrons. The number of rotatable bonds is 1. The van der Waals surface area contributed by atoms with Crippen molar-refractivity contribution in [3.8, 4) is 0 Å². The molecule has 3 heterocycles. The molecular formula is C20H24N4O5. The maximum Gasteiger partial charge on any atom is 0.410 e. The number of nitrogens with one attached hydrogen (secondary N) is 1. The van der Waals surface area contributed by atoms with E-state index in [1.54, 1.807) is 11.9 Å². The molecular weight excluding hydrogens is 376 g/mol. The van der Waals surface area contributed by atoms with Gasteiger partial charge in [-0.2, -0.15) is 0 Å². The van der Waals surface area contributed by atoms with Crippen molar-refractivity contribution >= 4 is 28.9 Å². The lowest BCUT2D eigenvalue weighted by Crippen LogP contribution is -2.44. The molecule has 9 nitrogen and oxygen atoms in total. The molecule has 0 saturated carbocycles. The lowest BCUT2D eigenvalue weighted by molar-refractivity contribution is -0.135. The molecule has 0 aliphatic carbocycles. The zero-order valence-electron chi connectivity index (χ0n) is 16.9. The van der Waals surface area contributed by atoms with Gasteiger partial charge in [-0.1, -0.05) is 6.07 Å². The Labute approximate surface area is 167 Å². The van der Waals surface area contributed by atoms with Crippen molar-refractivity contribution in [3.05, 3.63) is 33.7 Å². The average Bonchev–Trinajstić information content (AvgIpc) is 3.15. The molecule has 1 fully saturated rings. The minimum Gasteiger partial charge on any atom is -0.444 e. The number of amides is 3. The van der Waals surface area contributed by atoms with E-state index in [0.717, 1.165) is 11.1 Å². The predicted octanol–water partition coefficient (Wildman–Crippen LogP) is 1.57.